The molecule has 0 bridgehead atoms. The summed E-state index contributed by atoms with van der Waals surface area (Å²) in [6.45, 7) is 1.88. The Morgan fingerprint density at radius 1 is 1.32 bits per heavy atom. The molecule has 0 saturated heterocycles. The molecule has 0 aliphatic carbocycles. The van der Waals surface area contributed by atoms with Gasteiger partial charge >= 0.3 is 5.97 Å². The standard InChI is InChI=1S/C14H14N2O4S2/c1-10-15-12(9-21-10)5-8-14(17)20-13-6-3-11(4-7-13)16-22(2,18)19/h3-9,16H,1-2H3. The van der Waals surface area contributed by atoms with E-state index >= 15 is 0 Å². The minimum absolute atomic E-state index is 0.322. The quantitative estimate of drug-likeness (QED) is 0.514. The van der Waals surface area contributed by atoms with Crippen LogP contribution in [0.5, 0.6) is 5.75 Å². The van der Waals surface area contributed by atoms with Gasteiger partial charge in [0.1, 0.15) is 5.75 Å². The number of nitrogens with zero attached hydrogens (tertiary/aromatic N) is 1. The predicted molar refractivity (Wildman–Crippen MR) is 86.4 cm³/mol. The first kappa shape index (κ1) is 16.2. The fourth-order valence-corrected chi connectivity index (χ4v) is 2.71. The van der Waals surface area contributed by atoms with Crippen LogP contribution in [0.3, 0.4) is 0 Å². The van der Waals surface area contributed by atoms with E-state index in [2.05, 4.69) is 9.71 Å². The van der Waals surface area contributed by atoms with Gasteiger partial charge in [0.2, 0.25) is 10.0 Å². The Kier molecular flexibility index (Phi) is 4.94. The number of ether oxygens (including phenoxy) is 1. The molecule has 22 heavy (non-hydrogen) atoms. The highest BCUT2D eigenvalue weighted by Crippen LogP contribution is 2.17. The van der Waals surface area contributed by atoms with E-state index in [0.29, 0.717) is 17.1 Å². The van der Waals surface area contributed by atoms with Crippen LogP contribution in [0.4, 0.5) is 5.69 Å². The maximum atomic E-state index is 11.7. The van der Waals surface area contributed by atoms with E-state index in [-0.39, 0.29) is 0 Å². The average molecular weight is 338 g/mol. The van der Waals surface area contributed by atoms with E-state index in [1.54, 1.807) is 6.08 Å². The summed E-state index contributed by atoms with van der Waals surface area (Å²) in [5.41, 5.74) is 1.10. The topological polar surface area (TPSA) is 85.4 Å². The van der Waals surface area contributed by atoms with Crippen LogP contribution in [-0.4, -0.2) is 25.6 Å². The summed E-state index contributed by atoms with van der Waals surface area (Å²) in [6, 6.07) is 6.03. The molecular formula is C14H14N2O4S2. The number of nitrogens with one attached hydrogen (secondary N) is 1. The number of benzene rings is 1. The van der Waals surface area contributed by atoms with E-state index < -0.39 is 16.0 Å². The van der Waals surface area contributed by atoms with Crippen LogP contribution in [0.15, 0.2) is 35.7 Å². The molecule has 0 saturated carbocycles. The molecule has 0 spiro atoms. The van der Waals surface area contributed by atoms with Crippen molar-refractivity contribution in [2.45, 2.75) is 6.92 Å². The van der Waals surface area contributed by atoms with Crippen molar-refractivity contribution in [2.24, 2.45) is 0 Å². The third kappa shape index (κ3) is 5.30. The van der Waals surface area contributed by atoms with Gasteiger partial charge in [0, 0.05) is 17.1 Å². The molecule has 2 rings (SSSR count). The zero-order valence-electron chi connectivity index (χ0n) is 11.9. The minimum atomic E-state index is -3.33. The summed E-state index contributed by atoms with van der Waals surface area (Å²) in [4.78, 5) is 15.9. The van der Waals surface area contributed by atoms with Crippen molar-refractivity contribution in [3.63, 3.8) is 0 Å². The molecule has 0 aliphatic rings. The molecule has 0 radical (unpaired) electrons. The third-order valence-corrected chi connectivity index (χ3v) is 3.80. The molecule has 1 aromatic carbocycles. The van der Waals surface area contributed by atoms with Crippen LogP contribution < -0.4 is 9.46 Å². The highest BCUT2D eigenvalue weighted by Gasteiger charge is 2.04. The number of rotatable bonds is 5. The SMILES string of the molecule is Cc1nc(C=CC(=O)Oc2ccc(NS(C)(=O)=O)cc2)cs1. The van der Waals surface area contributed by atoms with Gasteiger partial charge in [-0.1, -0.05) is 0 Å². The average Bonchev–Trinajstić information content (AvgIpc) is 2.83. The molecule has 0 atom stereocenters. The van der Waals surface area contributed by atoms with E-state index in [4.69, 9.17) is 4.74 Å². The maximum absolute atomic E-state index is 11.7. The molecule has 0 aliphatic heterocycles. The van der Waals surface area contributed by atoms with Crippen molar-refractivity contribution in [2.75, 3.05) is 11.0 Å². The maximum Gasteiger partial charge on any atom is 0.336 e. The lowest BCUT2D eigenvalue weighted by molar-refractivity contribution is -0.128. The highest BCUT2D eigenvalue weighted by molar-refractivity contribution is 7.92. The number of hydrogen-bond acceptors (Lipinski definition) is 6. The molecule has 0 fully saturated rings. The first-order valence-corrected chi connectivity index (χ1v) is 8.99. The van der Waals surface area contributed by atoms with Crippen molar-refractivity contribution >= 4 is 39.1 Å². The second-order valence-electron chi connectivity index (χ2n) is 4.44. The molecule has 0 unspecified atom stereocenters. The third-order valence-electron chi connectivity index (χ3n) is 2.40. The molecule has 116 valence electrons. The van der Waals surface area contributed by atoms with Crippen LogP contribution in [0.1, 0.15) is 10.7 Å². The fourth-order valence-electron chi connectivity index (χ4n) is 1.57. The summed E-state index contributed by atoms with van der Waals surface area (Å²) in [7, 11) is -3.33. The molecule has 6 nitrogen and oxygen atoms in total. The van der Waals surface area contributed by atoms with Gasteiger partial charge < -0.3 is 4.74 Å². The molecular weight excluding hydrogens is 324 g/mol. The van der Waals surface area contributed by atoms with Crippen LogP contribution in [-0.2, 0) is 14.8 Å². The van der Waals surface area contributed by atoms with Gasteiger partial charge in [0.25, 0.3) is 0 Å². The number of carbonyl (C=O) groups excluding carboxylic acids is 1. The van der Waals surface area contributed by atoms with E-state index in [1.807, 2.05) is 12.3 Å². The lowest BCUT2D eigenvalue weighted by Gasteiger charge is -2.05. The zero-order valence-corrected chi connectivity index (χ0v) is 13.6. The summed E-state index contributed by atoms with van der Waals surface area (Å²) in [6.07, 6.45) is 3.93. The zero-order chi connectivity index (χ0) is 16.2. The van der Waals surface area contributed by atoms with Gasteiger partial charge in [-0.2, -0.15) is 0 Å². The number of anilines is 1. The first-order valence-electron chi connectivity index (χ1n) is 6.22. The lowest BCUT2D eigenvalue weighted by Crippen LogP contribution is -2.09. The van der Waals surface area contributed by atoms with E-state index in [9.17, 15) is 13.2 Å². The summed E-state index contributed by atoms with van der Waals surface area (Å²) in [5, 5.41) is 2.76. The van der Waals surface area contributed by atoms with Gasteiger partial charge in [-0.3, -0.25) is 4.72 Å². The molecule has 2 aromatic rings. The summed E-state index contributed by atoms with van der Waals surface area (Å²) in [5.74, 6) is -0.211. The van der Waals surface area contributed by atoms with E-state index in [1.165, 1.54) is 41.7 Å². The molecule has 8 heteroatoms. The molecule has 0 amide bonds. The highest BCUT2D eigenvalue weighted by atomic mass is 32.2. The number of thiazole rings is 1. The molecule has 1 aromatic heterocycles. The second-order valence-corrected chi connectivity index (χ2v) is 7.26. The fraction of sp³-hybridized carbons (Fsp3) is 0.143. The Labute approximate surface area is 132 Å². The van der Waals surface area contributed by atoms with Crippen molar-refractivity contribution in [3.05, 3.63) is 46.4 Å². The number of carbonyl (C=O) groups is 1. The van der Waals surface area contributed by atoms with Crippen LogP contribution in [0, 0.1) is 6.92 Å². The Hall–Kier alpha value is -2.19. The van der Waals surface area contributed by atoms with Gasteiger partial charge in [0.05, 0.1) is 17.0 Å². The molecule has 1 heterocycles. The smallest absolute Gasteiger partial charge is 0.336 e. The number of aryl methyl sites for hydroxylation is 1. The number of esters is 1. The predicted octanol–water partition coefficient (Wildman–Crippen LogP) is 2.44. The largest absolute Gasteiger partial charge is 0.423 e. The van der Waals surface area contributed by atoms with Crippen LogP contribution >= 0.6 is 11.3 Å². The van der Waals surface area contributed by atoms with Crippen molar-refractivity contribution in [3.8, 4) is 5.75 Å². The summed E-state index contributed by atoms with van der Waals surface area (Å²) < 4.78 is 29.6. The van der Waals surface area contributed by atoms with Crippen molar-refractivity contribution < 1.29 is 17.9 Å². The normalized spacial score (nSPS) is 11.5. The van der Waals surface area contributed by atoms with Crippen molar-refractivity contribution in [1.29, 1.82) is 0 Å². The van der Waals surface area contributed by atoms with Gasteiger partial charge in [-0.05, 0) is 37.3 Å². The first-order chi connectivity index (χ1) is 10.3. The van der Waals surface area contributed by atoms with E-state index in [0.717, 1.165) is 11.3 Å². The van der Waals surface area contributed by atoms with Gasteiger partial charge in [-0.15, -0.1) is 11.3 Å². The Balaban J connectivity index is 1.95. The monoisotopic (exact) mass is 338 g/mol. The number of hydrogen-bond donors (Lipinski definition) is 1. The Morgan fingerprint density at radius 3 is 2.55 bits per heavy atom. The van der Waals surface area contributed by atoms with Gasteiger partial charge in [0.15, 0.2) is 0 Å². The minimum Gasteiger partial charge on any atom is -0.423 e. The summed E-state index contributed by atoms with van der Waals surface area (Å²) >= 11 is 1.50. The van der Waals surface area contributed by atoms with Crippen LogP contribution in [0.25, 0.3) is 6.08 Å². The van der Waals surface area contributed by atoms with Crippen molar-refractivity contribution in [1.82, 2.24) is 4.98 Å². The Morgan fingerprint density at radius 2 is 2.00 bits per heavy atom. The number of aromatic nitrogens is 1. The van der Waals surface area contributed by atoms with Gasteiger partial charge in [-0.25, -0.2) is 18.2 Å². The second kappa shape index (κ2) is 6.71. The number of sulfonamides is 1. The lowest BCUT2D eigenvalue weighted by atomic mass is 10.3. The van der Waals surface area contributed by atoms with Crippen LogP contribution in [0.2, 0.25) is 0 Å². The Bertz CT molecular complexity index is 793. The molecule has 1 N–H and O–H groups in total.